The molecule has 0 fully saturated rings. The Kier molecular flexibility index (Phi) is 6.19. The molecule has 2 aromatic carbocycles. The van der Waals surface area contributed by atoms with Crippen molar-refractivity contribution in [2.24, 2.45) is 0 Å². The molecular formula is C21H15F2N3O4S2. The lowest BCUT2D eigenvalue weighted by molar-refractivity contribution is -0.113. The molecule has 0 spiro atoms. The molecule has 0 aliphatic carbocycles. The molecule has 0 saturated heterocycles. The molecule has 32 heavy (non-hydrogen) atoms. The van der Waals surface area contributed by atoms with E-state index in [1.807, 2.05) is 18.2 Å². The van der Waals surface area contributed by atoms with Gasteiger partial charge in [0.15, 0.2) is 11.6 Å². The molecule has 4 aromatic rings. The lowest BCUT2D eigenvalue weighted by Crippen LogP contribution is -2.19. The number of anilines is 1. The highest BCUT2D eigenvalue weighted by atomic mass is 32.2. The molecule has 2 heterocycles. The highest BCUT2D eigenvalue weighted by molar-refractivity contribution is 8.00. The molecule has 7 nitrogen and oxygen atoms in total. The van der Waals surface area contributed by atoms with Gasteiger partial charge in [0.25, 0.3) is 0 Å². The van der Waals surface area contributed by atoms with Crippen LogP contribution in [0.15, 0.2) is 81.3 Å². The van der Waals surface area contributed by atoms with Crippen LogP contribution in [0.4, 0.5) is 14.5 Å². The van der Waals surface area contributed by atoms with E-state index in [9.17, 15) is 22.0 Å². The molecule has 0 aliphatic heterocycles. The number of carbonyl (C=O) groups is 1. The van der Waals surface area contributed by atoms with Gasteiger partial charge in [0.1, 0.15) is 5.03 Å². The summed E-state index contributed by atoms with van der Waals surface area (Å²) in [6.07, 6.45) is 1.50. The van der Waals surface area contributed by atoms with Gasteiger partial charge in [-0.15, -0.1) is 0 Å². The molecule has 0 aliphatic rings. The third-order valence-electron chi connectivity index (χ3n) is 4.35. The van der Waals surface area contributed by atoms with Crippen molar-refractivity contribution in [2.75, 3.05) is 11.1 Å². The van der Waals surface area contributed by atoms with Gasteiger partial charge >= 0.3 is 5.76 Å². The smallest absolute Gasteiger partial charge is 0.341 e. The number of alkyl halides is 2. The fourth-order valence-corrected chi connectivity index (χ4v) is 4.61. The summed E-state index contributed by atoms with van der Waals surface area (Å²) in [6.45, 7) is 0. The van der Waals surface area contributed by atoms with Gasteiger partial charge in [-0.3, -0.25) is 4.79 Å². The van der Waals surface area contributed by atoms with Gasteiger partial charge in [-0.05, 0) is 30.3 Å². The second-order valence-electron chi connectivity index (χ2n) is 6.49. The molecule has 0 bridgehead atoms. The number of hydrogen-bond acceptors (Lipinski definition) is 7. The van der Waals surface area contributed by atoms with E-state index in [0.717, 1.165) is 23.2 Å². The Morgan fingerprint density at radius 2 is 1.78 bits per heavy atom. The van der Waals surface area contributed by atoms with Crippen LogP contribution in [0.3, 0.4) is 0 Å². The van der Waals surface area contributed by atoms with Crippen LogP contribution in [0.25, 0.3) is 22.5 Å². The summed E-state index contributed by atoms with van der Waals surface area (Å²) >= 11 is 1.11. The van der Waals surface area contributed by atoms with Gasteiger partial charge in [-0.1, -0.05) is 42.1 Å². The molecule has 0 atom stereocenters. The summed E-state index contributed by atoms with van der Waals surface area (Å²) in [5.41, 5.74) is 0.451. The minimum absolute atomic E-state index is 0.137. The number of rotatable bonds is 7. The maximum absolute atomic E-state index is 13.0. The van der Waals surface area contributed by atoms with Crippen molar-refractivity contribution in [1.29, 1.82) is 0 Å². The largest absolute Gasteiger partial charge is 0.461 e. The zero-order chi connectivity index (χ0) is 22.7. The quantitative estimate of drug-likeness (QED) is 0.307. The Bertz CT molecular complexity index is 1380. The van der Waals surface area contributed by atoms with E-state index in [-0.39, 0.29) is 11.4 Å². The lowest BCUT2D eigenvalue weighted by atomic mass is 10.2. The zero-order valence-electron chi connectivity index (χ0n) is 16.2. The Labute approximate surface area is 185 Å². The summed E-state index contributed by atoms with van der Waals surface area (Å²) in [6, 6.07) is 15.7. The normalized spacial score (nSPS) is 11.7. The highest BCUT2D eigenvalue weighted by Crippen LogP contribution is 2.30. The third-order valence-corrected chi connectivity index (χ3v) is 6.78. The number of aromatic nitrogens is 2. The number of halogens is 2. The fraction of sp³-hybridized carbons (Fsp3) is 0.0952. The fourth-order valence-electron chi connectivity index (χ4n) is 2.91. The molecule has 0 saturated carbocycles. The first-order valence-electron chi connectivity index (χ1n) is 9.20. The molecule has 0 radical (unpaired) electrons. The lowest BCUT2D eigenvalue weighted by Gasteiger charge is -2.11. The molecular weight excluding hydrogens is 460 g/mol. The van der Waals surface area contributed by atoms with Gasteiger partial charge in [0.05, 0.1) is 28.1 Å². The third kappa shape index (κ3) is 4.48. The Morgan fingerprint density at radius 3 is 2.53 bits per heavy atom. The number of amides is 1. The first-order valence-corrected chi connectivity index (χ1v) is 11.7. The highest BCUT2D eigenvalue weighted by Gasteiger charge is 2.29. The van der Waals surface area contributed by atoms with E-state index >= 15 is 0 Å². The van der Waals surface area contributed by atoms with Crippen LogP contribution in [-0.4, -0.2) is 35.8 Å². The number of nitrogens with one attached hydrogen (secondary N) is 1. The number of benzene rings is 2. The molecule has 1 N–H and O–H groups in total. The second-order valence-corrected chi connectivity index (χ2v) is 9.34. The predicted molar refractivity (Wildman–Crippen MR) is 116 cm³/mol. The van der Waals surface area contributed by atoms with Crippen molar-refractivity contribution in [3.8, 4) is 11.6 Å². The van der Waals surface area contributed by atoms with E-state index in [0.29, 0.717) is 22.1 Å². The van der Waals surface area contributed by atoms with Crippen molar-refractivity contribution in [2.45, 2.75) is 15.7 Å². The van der Waals surface area contributed by atoms with Gasteiger partial charge < -0.3 is 9.73 Å². The zero-order valence-corrected chi connectivity index (χ0v) is 17.9. The maximum Gasteiger partial charge on any atom is 0.341 e. The van der Waals surface area contributed by atoms with Crippen molar-refractivity contribution in [3.05, 3.63) is 66.9 Å². The Hall–Kier alpha value is -3.31. The van der Waals surface area contributed by atoms with Gasteiger partial charge in [0.2, 0.25) is 15.7 Å². The minimum atomic E-state index is -4.87. The number of carbonyl (C=O) groups excluding carboxylic acids is 1. The van der Waals surface area contributed by atoms with E-state index in [1.165, 1.54) is 24.5 Å². The Morgan fingerprint density at radius 1 is 1.03 bits per heavy atom. The standard InChI is InChI=1S/C21H15F2N3O4S2/c22-21(23)32(28,29)17-10-4-3-8-15(17)24-18(27)12-31-20-13-6-1-2-7-14(13)25-19(26-20)16-9-5-11-30-16/h1-11,21H,12H2,(H,24,27). The number of para-hydroxylation sites is 2. The monoisotopic (exact) mass is 475 g/mol. The number of furan rings is 1. The van der Waals surface area contributed by atoms with Crippen molar-refractivity contribution in [1.82, 2.24) is 9.97 Å². The molecule has 11 heteroatoms. The first kappa shape index (κ1) is 21.9. The van der Waals surface area contributed by atoms with Crippen molar-refractivity contribution < 1.29 is 26.4 Å². The van der Waals surface area contributed by atoms with E-state index in [4.69, 9.17) is 4.42 Å². The predicted octanol–water partition coefficient (Wildman–Crippen LogP) is 4.62. The maximum atomic E-state index is 13.0. The van der Waals surface area contributed by atoms with Gasteiger partial charge in [0, 0.05) is 5.39 Å². The van der Waals surface area contributed by atoms with Crippen LogP contribution in [0.5, 0.6) is 0 Å². The molecule has 0 unspecified atom stereocenters. The summed E-state index contributed by atoms with van der Waals surface area (Å²) in [7, 11) is -4.87. The minimum Gasteiger partial charge on any atom is -0.461 e. The summed E-state index contributed by atoms with van der Waals surface area (Å²) in [5.74, 6) is -3.49. The van der Waals surface area contributed by atoms with Crippen LogP contribution in [0.2, 0.25) is 0 Å². The summed E-state index contributed by atoms with van der Waals surface area (Å²) in [4.78, 5) is 20.8. The topological polar surface area (TPSA) is 102 Å². The number of thioether (sulfide) groups is 1. The Balaban J connectivity index is 1.57. The summed E-state index contributed by atoms with van der Waals surface area (Å²) < 4.78 is 55.0. The average Bonchev–Trinajstić information content (AvgIpc) is 3.32. The molecule has 2 aromatic heterocycles. The van der Waals surface area contributed by atoms with Crippen LogP contribution in [0.1, 0.15) is 0 Å². The van der Waals surface area contributed by atoms with E-state index in [1.54, 1.807) is 18.2 Å². The van der Waals surface area contributed by atoms with Crippen molar-refractivity contribution >= 4 is 44.1 Å². The van der Waals surface area contributed by atoms with Crippen LogP contribution in [0, 0.1) is 0 Å². The summed E-state index contributed by atoms with van der Waals surface area (Å²) in [5, 5.41) is 3.64. The first-order chi connectivity index (χ1) is 15.4. The molecule has 4 rings (SSSR count). The van der Waals surface area contributed by atoms with Crippen molar-refractivity contribution in [3.63, 3.8) is 0 Å². The van der Waals surface area contributed by atoms with Crippen LogP contribution in [-0.2, 0) is 14.6 Å². The number of hydrogen-bond donors (Lipinski definition) is 1. The van der Waals surface area contributed by atoms with Gasteiger partial charge in [-0.2, -0.15) is 8.78 Å². The van der Waals surface area contributed by atoms with E-state index < -0.39 is 26.4 Å². The number of sulfone groups is 1. The number of nitrogens with zero attached hydrogens (tertiary/aromatic N) is 2. The SMILES string of the molecule is O=C(CSc1nc(-c2ccco2)nc2ccccc12)Nc1ccccc1S(=O)(=O)C(F)F. The molecule has 164 valence electrons. The average molecular weight is 475 g/mol. The molecule has 1 amide bonds. The van der Waals surface area contributed by atoms with Crippen LogP contribution < -0.4 is 5.32 Å². The van der Waals surface area contributed by atoms with Crippen LogP contribution >= 0.6 is 11.8 Å². The van der Waals surface area contributed by atoms with E-state index in [2.05, 4.69) is 15.3 Å². The van der Waals surface area contributed by atoms with Gasteiger partial charge in [-0.25, -0.2) is 18.4 Å². The number of fused-ring (bicyclic) bond motifs is 1. The second kappa shape index (κ2) is 9.05.